The van der Waals surface area contributed by atoms with Gasteiger partial charge in [-0.25, -0.2) is 4.39 Å². The molecule has 2 aromatic rings. The number of halogens is 1. The lowest BCUT2D eigenvalue weighted by Gasteiger charge is -2.28. The van der Waals surface area contributed by atoms with Gasteiger partial charge in [0, 0.05) is 0 Å². The molecule has 1 aliphatic rings. The second-order valence-electron chi connectivity index (χ2n) is 8.38. The molecular weight excluding hydrogens is 319 g/mol. The highest BCUT2D eigenvalue weighted by Gasteiger charge is 2.21. The second-order valence-corrected chi connectivity index (χ2v) is 8.38. The fourth-order valence-electron chi connectivity index (χ4n) is 4.61. The molecule has 0 spiro atoms. The summed E-state index contributed by atoms with van der Waals surface area (Å²) < 4.78 is 14.2. The molecule has 1 fully saturated rings. The molecule has 1 atom stereocenters. The summed E-state index contributed by atoms with van der Waals surface area (Å²) in [5.74, 6) is 1.83. The van der Waals surface area contributed by atoms with Gasteiger partial charge in [0.05, 0.1) is 0 Å². The first kappa shape index (κ1) is 19.1. The van der Waals surface area contributed by atoms with Crippen LogP contribution in [0, 0.1) is 18.7 Å². The van der Waals surface area contributed by atoms with Gasteiger partial charge >= 0.3 is 0 Å². The van der Waals surface area contributed by atoms with E-state index in [0.29, 0.717) is 0 Å². The van der Waals surface area contributed by atoms with Crippen molar-refractivity contribution in [3.05, 3.63) is 70.5 Å². The Labute approximate surface area is 158 Å². The van der Waals surface area contributed by atoms with Crippen molar-refractivity contribution in [3.8, 4) is 0 Å². The Morgan fingerprint density at radius 1 is 1.00 bits per heavy atom. The standard InChI is InChI=1S/C25H33F/c1-4-5-20-7-11-22(12-8-20)23-13-9-21(10-14-23)17-19(3)24-15-6-18(2)16-25(24)26/h6,9-10,13-16,19-20,22H,4-5,7-8,11-12,17H2,1-3H3/t19-,20?,22?/m1/s1. The van der Waals surface area contributed by atoms with E-state index in [1.165, 1.54) is 49.7 Å². The molecule has 0 bridgehead atoms. The van der Waals surface area contributed by atoms with Crippen LogP contribution in [0.25, 0.3) is 0 Å². The lowest BCUT2D eigenvalue weighted by Crippen LogP contribution is -2.13. The second kappa shape index (κ2) is 8.84. The first-order valence-corrected chi connectivity index (χ1v) is 10.4. The molecule has 140 valence electrons. The number of rotatable bonds is 6. The number of hydrogen-bond acceptors (Lipinski definition) is 0. The molecule has 0 aromatic heterocycles. The van der Waals surface area contributed by atoms with Crippen LogP contribution in [0.3, 0.4) is 0 Å². The Balaban J connectivity index is 1.59. The summed E-state index contributed by atoms with van der Waals surface area (Å²) in [6, 6.07) is 14.7. The van der Waals surface area contributed by atoms with E-state index in [1.807, 2.05) is 19.1 Å². The fourth-order valence-corrected chi connectivity index (χ4v) is 4.61. The van der Waals surface area contributed by atoms with E-state index in [9.17, 15) is 4.39 Å². The van der Waals surface area contributed by atoms with Crippen LogP contribution in [0.2, 0.25) is 0 Å². The van der Waals surface area contributed by atoms with Crippen molar-refractivity contribution in [1.82, 2.24) is 0 Å². The predicted octanol–water partition coefficient (Wildman–Crippen LogP) is 7.55. The van der Waals surface area contributed by atoms with Crippen LogP contribution >= 0.6 is 0 Å². The van der Waals surface area contributed by atoms with Gasteiger partial charge in [-0.3, -0.25) is 0 Å². The Hall–Kier alpha value is -1.63. The zero-order valence-corrected chi connectivity index (χ0v) is 16.6. The van der Waals surface area contributed by atoms with Crippen molar-refractivity contribution in [2.75, 3.05) is 0 Å². The molecule has 3 rings (SSSR count). The number of hydrogen-bond donors (Lipinski definition) is 0. The highest BCUT2D eigenvalue weighted by atomic mass is 19.1. The molecule has 2 aromatic carbocycles. The van der Waals surface area contributed by atoms with Gasteiger partial charge in [-0.05, 0) is 85.1 Å². The van der Waals surface area contributed by atoms with Crippen LogP contribution in [0.5, 0.6) is 0 Å². The van der Waals surface area contributed by atoms with Crippen molar-refractivity contribution in [2.24, 2.45) is 5.92 Å². The molecular formula is C25H33F. The summed E-state index contributed by atoms with van der Waals surface area (Å²) in [5.41, 5.74) is 4.61. The summed E-state index contributed by atoms with van der Waals surface area (Å²) in [4.78, 5) is 0. The van der Waals surface area contributed by atoms with Crippen LogP contribution in [-0.2, 0) is 6.42 Å². The smallest absolute Gasteiger partial charge is 0.126 e. The third-order valence-corrected chi connectivity index (χ3v) is 6.22. The third kappa shape index (κ3) is 4.75. The minimum absolute atomic E-state index is 0.0713. The van der Waals surface area contributed by atoms with E-state index in [4.69, 9.17) is 0 Å². The van der Waals surface area contributed by atoms with Gasteiger partial charge in [-0.2, -0.15) is 0 Å². The molecule has 0 aliphatic heterocycles. The fraction of sp³-hybridized carbons (Fsp3) is 0.520. The maximum Gasteiger partial charge on any atom is 0.126 e. The summed E-state index contributed by atoms with van der Waals surface area (Å²) in [6.45, 7) is 6.36. The van der Waals surface area contributed by atoms with Crippen LogP contribution in [0.4, 0.5) is 4.39 Å². The summed E-state index contributed by atoms with van der Waals surface area (Å²) >= 11 is 0. The van der Waals surface area contributed by atoms with Gasteiger partial charge < -0.3 is 0 Å². The molecule has 0 radical (unpaired) electrons. The summed E-state index contributed by atoms with van der Waals surface area (Å²) in [7, 11) is 0. The molecule has 0 saturated heterocycles. The zero-order valence-electron chi connectivity index (χ0n) is 16.6. The van der Waals surface area contributed by atoms with E-state index < -0.39 is 0 Å². The SMILES string of the molecule is CCCC1CCC(c2ccc(C[C@@H](C)c3ccc(C)cc3F)cc2)CC1. The Bertz CT molecular complexity index is 693. The monoisotopic (exact) mass is 352 g/mol. The Morgan fingerprint density at radius 2 is 1.69 bits per heavy atom. The van der Waals surface area contributed by atoms with Gasteiger partial charge in [0.15, 0.2) is 0 Å². The quantitative estimate of drug-likeness (QED) is 0.503. The van der Waals surface area contributed by atoms with Gasteiger partial charge in [0.1, 0.15) is 5.82 Å². The number of benzene rings is 2. The van der Waals surface area contributed by atoms with Crippen LogP contribution in [-0.4, -0.2) is 0 Å². The van der Waals surface area contributed by atoms with Crippen molar-refractivity contribution in [2.45, 2.75) is 77.6 Å². The molecule has 1 heteroatoms. The minimum atomic E-state index is -0.0713. The molecule has 1 aliphatic carbocycles. The maximum atomic E-state index is 14.2. The first-order chi connectivity index (χ1) is 12.6. The molecule has 1 saturated carbocycles. The molecule has 0 N–H and O–H groups in total. The third-order valence-electron chi connectivity index (χ3n) is 6.22. The first-order valence-electron chi connectivity index (χ1n) is 10.4. The van der Waals surface area contributed by atoms with Crippen molar-refractivity contribution in [3.63, 3.8) is 0 Å². The van der Waals surface area contributed by atoms with Crippen molar-refractivity contribution in [1.29, 1.82) is 0 Å². The zero-order chi connectivity index (χ0) is 18.5. The average Bonchev–Trinajstić information content (AvgIpc) is 2.63. The van der Waals surface area contributed by atoms with Crippen LogP contribution in [0.1, 0.15) is 86.5 Å². The molecule has 0 unspecified atom stereocenters. The van der Waals surface area contributed by atoms with Gasteiger partial charge in [0.25, 0.3) is 0 Å². The normalized spacial score (nSPS) is 21.5. The average molecular weight is 353 g/mol. The predicted molar refractivity (Wildman–Crippen MR) is 109 cm³/mol. The summed E-state index contributed by atoms with van der Waals surface area (Å²) in [6.07, 6.45) is 9.09. The van der Waals surface area contributed by atoms with E-state index in [1.54, 1.807) is 6.07 Å². The van der Waals surface area contributed by atoms with Gasteiger partial charge in [-0.1, -0.05) is 63.1 Å². The highest BCUT2D eigenvalue weighted by Crippen LogP contribution is 2.37. The largest absolute Gasteiger partial charge is 0.207 e. The molecule has 26 heavy (non-hydrogen) atoms. The van der Waals surface area contributed by atoms with E-state index in [-0.39, 0.29) is 11.7 Å². The molecule has 0 nitrogen and oxygen atoms in total. The lowest BCUT2D eigenvalue weighted by molar-refractivity contribution is 0.308. The number of aryl methyl sites for hydroxylation is 1. The van der Waals surface area contributed by atoms with E-state index >= 15 is 0 Å². The van der Waals surface area contributed by atoms with Crippen molar-refractivity contribution < 1.29 is 4.39 Å². The van der Waals surface area contributed by atoms with Gasteiger partial charge in [-0.15, -0.1) is 0 Å². The lowest BCUT2D eigenvalue weighted by atomic mass is 9.77. The summed E-state index contributed by atoms with van der Waals surface area (Å²) in [5, 5.41) is 0. The van der Waals surface area contributed by atoms with Crippen molar-refractivity contribution >= 4 is 0 Å². The van der Waals surface area contributed by atoms with Crippen LogP contribution < -0.4 is 0 Å². The molecule has 0 heterocycles. The van der Waals surface area contributed by atoms with E-state index in [2.05, 4.69) is 38.1 Å². The Morgan fingerprint density at radius 3 is 2.31 bits per heavy atom. The van der Waals surface area contributed by atoms with Crippen LogP contribution in [0.15, 0.2) is 42.5 Å². The maximum absolute atomic E-state index is 14.2. The minimum Gasteiger partial charge on any atom is -0.207 e. The topological polar surface area (TPSA) is 0 Å². The van der Waals surface area contributed by atoms with E-state index in [0.717, 1.165) is 29.4 Å². The molecule has 0 amide bonds. The Kier molecular flexibility index (Phi) is 6.51. The van der Waals surface area contributed by atoms with Gasteiger partial charge in [0.2, 0.25) is 0 Å². The highest BCUT2D eigenvalue weighted by molar-refractivity contribution is 5.30.